The first-order valence-electron chi connectivity index (χ1n) is 4.40. The van der Waals surface area contributed by atoms with Crippen molar-refractivity contribution >= 4 is 0 Å². The summed E-state index contributed by atoms with van der Waals surface area (Å²) in [7, 11) is 0. The topological polar surface area (TPSA) is 50.7 Å². The van der Waals surface area contributed by atoms with E-state index in [-0.39, 0.29) is 5.43 Å². The molecule has 0 aliphatic rings. The third-order valence-electron chi connectivity index (χ3n) is 2.08. The lowest BCUT2D eigenvalue weighted by molar-refractivity contribution is 0.755. The second-order valence-electron chi connectivity index (χ2n) is 3.25. The summed E-state index contributed by atoms with van der Waals surface area (Å²) in [5.74, 6) is 0. The summed E-state index contributed by atoms with van der Waals surface area (Å²) in [5.41, 5.74) is 1.85. The molecule has 14 heavy (non-hydrogen) atoms. The quantitative estimate of drug-likeness (QED) is 0.764. The molecule has 2 rings (SSSR count). The van der Waals surface area contributed by atoms with Crippen LogP contribution in [0.15, 0.2) is 35.5 Å². The van der Waals surface area contributed by atoms with Gasteiger partial charge in [-0.2, -0.15) is 5.10 Å². The van der Waals surface area contributed by atoms with Crippen molar-refractivity contribution < 1.29 is 0 Å². The van der Waals surface area contributed by atoms with Gasteiger partial charge >= 0.3 is 0 Å². The van der Waals surface area contributed by atoms with E-state index < -0.39 is 0 Å². The third kappa shape index (κ3) is 1.74. The van der Waals surface area contributed by atoms with Gasteiger partial charge in [-0.3, -0.25) is 9.89 Å². The van der Waals surface area contributed by atoms with Gasteiger partial charge in [0.2, 0.25) is 0 Å². The van der Waals surface area contributed by atoms with Crippen LogP contribution >= 0.6 is 0 Å². The van der Waals surface area contributed by atoms with Crippen LogP contribution in [-0.2, 0) is 6.54 Å². The minimum absolute atomic E-state index is 0.0749. The van der Waals surface area contributed by atoms with E-state index in [1.54, 1.807) is 18.5 Å². The van der Waals surface area contributed by atoms with E-state index in [2.05, 4.69) is 10.2 Å². The molecule has 0 fully saturated rings. The van der Waals surface area contributed by atoms with Gasteiger partial charge in [0.1, 0.15) is 0 Å². The Hall–Kier alpha value is -1.84. The van der Waals surface area contributed by atoms with Crippen LogP contribution in [0.1, 0.15) is 11.3 Å². The highest BCUT2D eigenvalue weighted by Gasteiger charge is 1.96. The summed E-state index contributed by atoms with van der Waals surface area (Å²) in [4.78, 5) is 11.1. The van der Waals surface area contributed by atoms with E-state index in [0.717, 1.165) is 11.3 Å². The summed E-state index contributed by atoms with van der Waals surface area (Å²) in [6, 6.07) is 3.49. The van der Waals surface area contributed by atoms with E-state index in [4.69, 9.17) is 0 Å². The second kappa shape index (κ2) is 3.49. The highest BCUT2D eigenvalue weighted by molar-refractivity contribution is 5.09. The molecular formula is C10H11N3O. The summed E-state index contributed by atoms with van der Waals surface area (Å²) < 4.78 is 1.95. The highest BCUT2D eigenvalue weighted by Crippen LogP contribution is 1.97. The van der Waals surface area contributed by atoms with Crippen molar-refractivity contribution in [2.24, 2.45) is 0 Å². The number of H-pyrrole nitrogens is 1. The largest absolute Gasteiger partial charge is 0.348 e. The van der Waals surface area contributed by atoms with Gasteiger partial charge in [-0.15, -0.1) is 0 Å². The normalized spacial score (nSPS) is 10.4. The standard InChI is InChI=1S/C10H11N3O/c1-8-6-13(5-3-10(8)14)7-9-2-4-11-12-9/h2-6H,7H2,1H3,(H,11,12). The highest BCUT2D eigenvalue weighted by atomic mass is 16.1. The van der Waals surface area contributed by atoms with Crippen LogP contribution in [0, 0.1) is 6.92 Å². The van der Waals surface area contributed by atoms with Crippen LogP contribution in [0.2, 0.25) is 0 Å². The molecule has 1 N–H and O–H groups in total. The number of nitrogens with zero attached hydrogens (tertiary/aromatic N) is 2. The van der Waals surface area contributed by atoms with Gasteiger partial charge in [0, 0.05) is 30.2 Å². The predicted octanol–water partition coefficient (Wildman–Crippen LogP) is 0.928. The number of aryl methyl sites for hydroxylation is 1. The van der Waals surface area contributed by atoms with Gasteiger partial charge < -0.3 is 4.57 Å². The average Bonchev–Trinajstić information content (AvgIpc) is 2.64. The zero-order chi connectivity index (χ0) is 9.97. The molecule has 4 heteroatoms. The molecule has 0 unspecified atom stereocenters. The number of hydrogen-bond acceptors (Lipinski definition) is 2. The minimum atomic E-state index is 0.0749. The number of aromatic nitrogens is 3. The van der Waals surface area contributed by atoms with E-state index in [0.29, 0.717) is 6.54 Å². The fourth-order valence-electron chi connectivity index (χ4n) is 1.32. The van der Waals surface area contributed by atoms with Crippen molar-refractivity contribution in [1.82, 2.24) is 14.8 Å². The Morgan fingerprint density at radius 3 is 3.00 bits per heavy atom. The predicted molar refractivity (Wildman–Crippen MR) is 53.1 cm³/mol. The fraction of sp³-hybridized carbons (Fsp3) is 0.200. The first kappa shape index (κ1) is 8.74. The Balaban J connectivity index is 2.26. The van der Waals surface area contributed by atoms with Crippen LogP contribution in [0.4, 0.5) is 0 Å². The first-order valence-corrected chi connectivity index (χ1v) is 4.40. The molecule has 2 aromatic rings. The zero-order valence-electron chi connectivity index (χ0n) is 7.90. The summed E-state index contributed by atoms with van der Waals surface area (Å²) in [6.07, 6.45) is 5.32. The van der Waals surface area contributed by atoms with Crippen LogP contribution in [0.3, 0.4) is 0 Å². The fourth-order valence-corrected chi connectivity index (χ4v) is 1.32. The van der Waals surface area contributed by atoms with Crippen LogP contribution in [0.25, 0.3) is 0 Å². The van der Waals surface area contributed by atoms with Gasteiger partial charge in [0.05, 0.1) is 12.2 Å². The lowest BCUT2D eigenvalue weighted by atomic mass is 10.3. The summed E-state index contributed by atoms with van der Waals surface area (Å²) in [6.45, 7) is 2.52. The third-order valence-corrected chi connectivity index (χ3v) is 2.08. The molecule has 0 radical (unpaired) electrons. The Morgan fingerprint density at radius 2 is 2.36 bits per heavy atom. The maximum Gasteiger partial charge on any atom is 0.184 e. The van der Waals surface area contributed by atoms with Crippen molar-refractivity contribution in [3.05, 3.63) is 52.2 Å². The van der Waals surface area contributed by atoms with Crippen molar-refractivity contribution in [2.75, 3.05) is 0 Å². The maximum atomic E-state index is 11.1. The minimum Gasteiger partial charge on any atom is -0.348 e. The summed E-state index contributed by atoms with van der Waals surface area (Å²) >= 11 is 0. The molecule has 72 valence electrons. The molecule has 2 heterocycles. The van der Waals surface area contributed by atoms with Crippen molar-refractivity contribution in [1.29, 1.82) is 0 Å². The van der Waals surface area contributed by atoms with Crippen molar-refractivity contribution in [2.45, 2.75) is 13.5 Å². The molecular weight excluding hydrogens is 178 g/mol. The molecule has 0 aliphatic heterocycles. The van der Waals surface area contributed by atoms with Gasteiger partial charge in [0.15, 0.2) is 5.43 Å². The maximum absolute atomic E-state index is 11.1. The second-order valence-corrected chi connectivity index (χ2v) is 3.25. The van der Waals surface area contributed by atoms with Gasteiger partial charge in [-0.25, -0.2) is 0 Å². The Bertz CT molecular complexity index is 470. The van der Waals surface area contributed by atoms with Crippen molar-refractivity contribution in [3.8, 4) is 0 Å². The molecule has 0 aliphatic carbocycles. The molecule has 0 spiro atoms. The number of rotatable bonds is 2. The van der Waals surface area contributed by atoms with Gasteiger partial charge in [0.25, 0.3) is 0 Å². The Kier molecular flexibility index (Phi) is 2.18. The molecule has 0 amide bonds. The molecule has 2 aromatic heterocycles. The number of nitrogens with one attached hydrogen (secondary N) is 1. The zero-order valence-corrected chi connectivity index (χ0v) is 7.90. The van der Waals surface area contributed by atoms with Gasteiger partial charge in [-0.1, -0.05) is 0 Å². The van der Waals surface area contributed by atoms with E-state index in [1.165, 1.54) is 0 Å². The van der Waals surface area contributed by atoms with Crippen LogP contribution < -0.4 is 5.43 Å². The molecule has 0 aromatic carbocycles. The van der Waals surface area contributed by atoms with E-state index in [1.807, 2.05) is 23.8 Å². The SMILES string of the molecule is Cc1cn(Cc2ccn[nH]2)ccc1=O. The Labute approximate surface area is 81.2 Å². The summed E-state index contributed by atoms with van der Waals surface area (Å²) in [5, 5.41) is 6.73. The Morgan fingerprint density at radius 1 is 1.50 bits per heavy atom. The van der Waals surface area contributed by atoms with Crippen LogP contribution in [-0.4, -0.2) is 14.8 Å². The van der Waals surface area contributed by atoms with Crippen molar-refractivity contribution in [3.63, 3.8) is 0 Å². The molecule has 0 saturated carbocycles. The smallest absolute Gasteiger partial charge is 0.184 e. The molecule has 0 saturated heterocycles. The van der Waals surface area contributed by atoms with Crippen LogP contribution in [0.5, 0.6) is 0 Å². The molecule has 0 atom stereocenters. The first-order chi connectivity index (χ1) is 6.75. The average molecular weight is 189 g/mol. The van der Waals surface area contributed by atoms with Gasteiger partial charge in [-0.05, 0) is 13.0 Å². The molecule has 0 bridgehead atoms. The van der Waals surface area contributed by atoms with E-state index >= 15 is 0 Å². The monoisotopic (exact) mass is 189 g/mol. The lowest BCUT2D eigenvalue weighted by Crippen LogP contribution is -2.09. The number of aromatic amines is 1. The molecule has 4 nitrogen and oxygen atoms in total. The lowest BCUT2D eigenvalue weighted by Gasteiger charge is -2.04. The number of pyridine rings is 1. The number of hydrogen-bond donors (Lipinski definition) is 1. The van der Waals surface area contributed by atoms with E-state index in [9.17, 15) is 4.79 Å².